The molecule has 4 heteroatoms. The lowest BCUT2D eigenvalue weighted by Crippen LogP contribution is -2.55. The van der Waals surface area contributed by atoms with Crippen molar-refractivity contribution in [3.8, 4) is 0 Å². The van der Waals surface area contributed by atoms with Crippen LogP contribution in [0, 0.1) is 0 Å². The molecule has 110 valence electrons. The van der Waals surface area contributed by atoms with Gasteiger partial charge in [-0.1, -0.05) is 18.6 Å². The smallest absolute Gasteiger partial charge is 0.0917 e. The quantitative estimate of drug-likeness (QED) is 0.820. The van der Waals surface area contributed by atoms with Crippen LogP contribution in [0.25, 0.3) is 0 Å². The molecule has 3 rings (SSSR count). The number of piperazine rings is 1. The summed E-state index contributed by atoms with van der Waals surface area (Å²) < 4.78 is 0. The Bertz CT molecular complexity index is 451. The van der Waals surface area contributed by atoms with Crippen LogP contribution in [0.1, 0.15) is 30.9 Å². The Hall–Kier alpha value is -1.10. The third-order valence-corrected chi connectivity index (χ3v) is 4.65. The molecule has 4 nitrogen and oxygen atoms in total. The fourth-order valence-electron chi connectivity index (χ4n) is 3.50. The first-order chi connectivity index (χ1) is 9.72. The van der Waals surface area contributed by atoms with Crippen molar-refractivity contribution in [1.29, 1.82) is 0 Å². The van der Waals surface area contributed by atoms with Gasteiger partial charge in [-0.05, 0) is 37.1 Å². The van der Waals surface area contributed by atoms with E-state index < -0.39 is 6.10 Å². The first kappa shape index (κ1) is 13.9. The van der Waals surface area contributed by atoms with E-state index in [0.29, 0.717) is 12.6 Å². The minimum absolute atomic E-state index is 0.436. The van der Waals surface area contributed by atoms with Crippen molar-refractivity contribution in [2.75, 3.05) is 38.5 Å². The highest BCUT2D eigenvalue weighted by Gasteiger charge is 2.29. The Labute approximate surface area is 121 Å². The zero-order chi connectivity index (χ0) is 13.9. The van der Waals surface area contributed by atoms with E-state index in [9.17, 15) is 5.11 Å². The predicted molar refractivity (Wildman–Crippen MR) is 81.5 cm³/mol. The van der Waals surface area contributed by atoms with Crippen molar-refractivity contribution >= 4 is 5.69 Å². The third kappa shape index (κ3) is 3.14. The normalized spacial score (nSPS) is 26.1. The minimum Gasteiger partial charge on any atom is -0.399 e. The molecule has 2 unspecified atom stereocenters. The van der Waals surface area contributed by atoms with Crippen LogP contribution in [-0.2, 0) is 0 Å². The van der Waals surface area contributed by atoms with Crippen LogP contribution in [0.5, 0.6) is 0 Å². The summed E-state index contributed by atoms with van der Waals surface area (Å²) in [6.45, 7) is 5.29. The lowest BCUT2D eigenvalue weighted by molar-refractivity contribution is 0.0234. The summed E-state index contributed by atoms with van der Waals surface area (Å²) in [5, 5.41) is 10.4. The number of benzene rings is 1. The summed E-state index contributed by atoms with van der Waals surface area (Å²) >= 11 is 0. The number of aliphatic hydroxyl groups is 1. The zero-order valence-electron chi connectivity index (χ0n) is 12.0. The van der Waals surface area contributed by atoms with Crippen molar-refractivity contribution in [3.63, 3.8) is 0 Å². The molecule has 0 aliphatic carbocycles. The number of piperidine rings is 1. The second kappa shape index (κ2) is 6.12. The molecular formula is C16H25N3O. The highest BCUT2D eigenvalue weighted by Crippen LogP contribution is 2.23. The van der Waals surface area contributed by atoms with Gasteiger partial charge < -0.3 is 10.8 Å². The van der Waals surface area contributed by atoms with E-state index in [2.05, 4.69) is 9.80 Å². The van der Waals surface area contributed by atoms with Crippen LogP contribution in [-0.4, -0.2) is 53.7 Å². The number of β-amino-alcohol motifs (C(OH)–C–C–N with tert-alkyl or cyclic N) is 1. The number of anilines is 1. The number of nitrogen functional groups attached to an aromatic ring is 1. The fourth-order valence-corrected chi connectivity index (χ4v) is 3.50. The Morgan fingerprint density at radius 3 is 3.00 bits per heavy atom. The number of aliphatic hydroxyl groups excluding tert-OH is 1. The van der Waals surface area contributed by atoms with Crippen LogP contribution < -0.4 is 5.73 Å². The average Bonchev–Trinajstić information content (AvgIpc) is 2.47. The molecule has 1 aromatic carbocycles. The second-order valence-corrected chi connectivity index (χ2v) is 6.13. The van der Waals surface area contributed by atoms with Gasteiger partial charge in [-0.25, -0.2) is 0 Å². The first-order valence-corrected chi connectivity index (χ1v) is 7.72. The molecule has 0 spiro atoms. The molecule has 2 aliphatic rings. The molecule has 2 heterocycles. The maximum atomic E-state index is 10.4. The van der Waals surface area contributed by atoms with Crippen LogP contribution in [0.3, 0.4) is 0 Å². The molecule has 3 N–H and O–H groups in total. The van der Waals surface area contributed by atoms with E-state index in [1.807, 2.05) is 24.3 Å². The Kier molecular flexibility index (Phi) is 4.24. The van der Waals surface area contributed by atoms with Gasteiger partial charge in [0.25, 0.3) is 0 Å². The van der Waals surface area contributed by atoms with Gasteiger partial charge in [-0.15, -0.1) is 0 Å². The van der Waals surface area contributed by atoms with E-state index in [4.69, 9.17) is 5.73 Å². The number of fused-ring (bicyclic) bond motifs is 1. The highest BCUT2D eigenvalue weighted by atomic mass is 16.3. The molecule has 0 amide bonds. The van der Waals surface area contributed by atoms with Crippen LogP contribution in [0.2, 0.25) is 0 Å². The predicted octanol–water partition coefficient (Wildman–Crippen LogP) is 1.47. The van der Waals surface area contributed by atoms with E-state index in [-0.39, 0.29) is 0 Å². The summed E-state index contributed by atoms with van der Waals surface area (Å²) in [4.78, 5) is 5.02. The van der Waals surface area contributed by atoms with Crippen molar-refractivity contribution in [3.05, 3.63) is 29.8 Å². The number of rotatable bonds is 3. The lowest BCUT2D eigenvalue weighted by Gasteiger charge is -2.44. The van der Waals surface area contributed by atoms with Crippen LogP contribution >= 0.6 is 0 Å². The number of hydrogen-bond donors (Lipinski definition) is 2. The molecule has 0 saturated carbocycles. The van der Waals surface area contributed by atoms with E-state index in [1.54, 1.807) is 0 Å². The van der Waals surface area contributed by atoms with Gasteiger partial charge in [0.2, 0.25) is 0 Å². The number of hydrogen-bond acceptors (Lipinski definition) is 4. The largest absolute Gasteiger partial charge is 0.399 e. The van der Waals surface area contributed by atoms with E-state index >= 15 is 0 Å². The van der Waals surface area contributed by atoms with E-state index in [1.165, 1.54) is 25.8 Å². The van der Waals surface area contributed by atoms with Gasteiger partial charge in [-0.2, -0.15) is 0 Å². The monoisotopic (exact) mass is 275 g/mol. The van der Waals surface area contributed by atoms with Gasteiger partial charge in [-0.3, -0.25) is 9.80 Å². The average molecular weight is 275 g/mol. The molecule has 0 aromatic heterocycles. The molecule has 1 aromatic rings. The zero-order valence-corrected chi connectivity index (χ0v) is 12.0. The summed E-state index contributed by atoms with van der Waals surface area (Å²) in [6.07, 6.45) is 3.58. The van der Waals surface area contributed by atoms with Gasteiger partial charge in [0.1, 0.15) is 0 Å². The molecule has 2 saturated heterocycles. The third-order valence-electron chi connectivity index (χ3n) is 4.65. The summed E-state index contributed by atoms with van der Waals surface area (Å²) in [5.74, 6) is 0. The number of nitrogens with zero attached hydrogens (tertiary/aromatic N) is 2. The molecule has 2 fully saturated rings. The van der Waals surface area contributed by atoms with Gasteiger partial charge in [0.15, 0.2) is 0 Å². The lowest BCUT2D eigenvalue weighted by atomic mass is 9.99. The van der Waals surface area contributed by atoms with Gasteiger partial charge >= 0.3 is 0 Å². The Morgan fingerprint density at radius 2 is 2.15 bits per heavy atom. The maximum Gasteiger partial charge on any atom is 0.0917 e. The Morgan fingerprint density at radius 1 is 1.25 bits per heavy atom. The number of nitrogens with two attached hydrogens (primary N) is 1. The second-order valence-electron chi connectivity index (χ2n) is 6.13. The van der Waals surface area contributed by atoms with Crippen molar-refractivity contribution in [1.82, 2.24) is 9.80 Å². The first-order valence-electron chi connectivity index (χ1n) is 7.72. The topological polar surface area (TPSA) is 52.7 Å². The summed E-state index contributed by atoms with van der Waals surface area (Å²) in [5.41, 5.74) is 7.43. The fraction of sp³-hybridized carbons (Fsp3) is 0.625. The van der Waals surface area contributed by atoms with Gasteiger partial charge in [0.05, 0.1) is 6.10 Å². The van der Waals surface area contributed by atoms with Crippen molar-refractivity contribution < 1.29 is 5.11 Å². The molecular weight excluding hydrogens is 250 g/mol. The molecule has 0 bridgehead atoms. The van der Waals surface area contributed by atoms with E-state index in [0.717, 1.165) is 30.9 Å². The molecule has 0 radical (unpaired) electrons. The van der Waals surface area contributed by atoms with Crippen LogP contribution in [0.4, 0.5) is 5.69 Å². The standard InChI is InChI=1S/C16H25N3O/c17-14-5-3-4-13(10-14)16(20)12-18-8-9-19-7-2-1-6-15(19)11-18/h3-5,10,15-16,20H,1-2,6-9,11-12,17H2. The highest BCUT2D eigenvalue weighted by molar-refractivity contribution is 5.41. The van der Waals surface area contributed by atoms with Crippen molar-refractivity contribution in [2.24, 2.45) is 0 Å². The Balaban J connectivity index is 1.58. The summed E-state index contributed by atoms with van der Waals surface area (Å²) in [7, 11) is 0. The van der Waals surface area contributed by atoms with Crippen LogP contribution in [0.15, 0.2) is 24.3 Å². The summed E-state index contributed by atoms with van der Waals surface area (Å²) in [6, 6.07) is 8.30. The molecule has 20 heavy (non-hydrogen) atoms. The minimum atomic E-state index is -0.436. The van der Waals surface area contributed by atoms with Gasteiger partial charge in [0, 0.05) is 37.9 Å². The maximum absolute atomic E-state index is 10.4. The van der Waals surface area contributed by atoms with Crippen molar-refractivity contribution in [2.45, 2.75) is 31.4 Å². The SMILES string of the molecule is Nc1cccc(C(O)CN2CCN3CCCCC3C2)c1. The molecule has 2 aliphatic heterocycles. The molecule has 2 atom stereocenters.